The second-order valence-electron chi connectivity index (χ2n) is 14.1. The van der Waals surface area contributed by atoms with Crippen molar-refractivity contribution in [3.05, 3.63) is 83.9 Å². The van der Waals surface area contributed by atoms with Gasteiger partial charge >= 0.3 is 0 Å². The van der Waals surface area contributed by atoms with E-state index in [0.29, 0.717) is 38.5 Å². The number of aliphatic carboxylic acids is 1. The second-order valence-corrected chi connectivity index (χ2v) is 14.4. The van der Waals surface area contributed by atoms with Gasteiger partial charge in [0.05, 0.1) is 17.9 Å². The van der Waals surface area contributed by atoms with Gasteiger partial charge in [0.25, 0.3) is 5.17 Å². The number of carbonyl (C=O) groups excluding carboxylic acids is 2. The number of rotatable bonds is 22. The molecule has 1 amide bonds. The van der Waals surface area contributed by atoms with E-state index in [2.05, 4.69) is 6.92 Å². The highest BCUT2D eigenvalue weighted by molar-refractivity contribution is 7.80. The molecule has 1 saturated heterocycles. The molecule has 0 radical (unpaired) electrons. The van der Waals surface area contributed by atoms with E-state index >= 15 is 0 Å². The monoisotopic (exact) mass is 712 g/mol. The predicted octanol–water partition coefficient (Wildman–Crippen LogP) is 8.89. The van der Waals surface area contributed by atoms with Crippen molar-refractivity contribution in [2.45, 2.75) is 141 Å². The average Bonchev–Trinajstić information content (AvgIpc) is 3.42. The summed E-state index contributed by atoms with van der Waals surface area (Å²) in [6.07, 6.45) is 10.6. The van der Waals surface area contributed by atoms with Gasteiger partial charge < -0.3 is 19.7 Å². The van der Waals surface area contributed by atoms with Gasteiger partial charge in [-0.3, -0.25) is 9.69 Å². The van der Waals surface area contributed by atoms with Crippen LogP contribution in [0.25, 0.3) is 0 Å². The van der Waals surface area contributed by atoms with Crippen molar-refractivity contribution in [3.63, 3.8) is 0 Å². The Kier molecular flexibility index (Phi) is 16.0. The minimum absolute atomic E-state index is 0.0606. The van der Waals surface area contributed by atoms with Crippen LogP contribution in [0.4, 0.5) is 8.78 Å². The lowest BCUT2D eigenvalue weighted by molar-refractivity contribution is -0.327. The molecule has 1 fully saturated rings. The van der Waals surface area contributed by atoms with Gasteiger partial charge in [-0.2, -0.15) is 0 Å². The molecular weight excluding hydrogens is 657 g/mol. The highest BCUT2D eigenvalue weighted by Crippen LogP contribution is 2.48. The summed E-state index contributed by atoms with van der Waals surface area (Å²) in [7, 11) is 0. The van der Waals surface area contributed by atoms with Crippen LogP contribution in [0.2, 0.25) is 0 Å². The number of carbonyl (C=O) groups is 2. The number of benzene rings is 2. The van der Waals surface area contributed by atoms with Crippen LogP contribution in [0, 0.1) is 11.8 Å². The number of allylic oxidation sites excluding steroid dienone is 1. The maximum absolute atomic E-state index is 14.7. The molecule has 3 atom stereocenters. The number of ether oxygens (including phenoxy) is 1. The molecule has 276 valence electrons. The number of carboxylic acids is 1. The Morgan fingerprint density at radius 2 is 1.40 bits per heavy atom. The van der Waals surface area contributed by atoms with Crippen LogP contribution in [0.5, 0.6) is 0 Å². The molecule has 50 heavy (non-hydrogen) atoms. The number of aliphatic hydroxyl groups is 1. The minimum atomic E-state index is -2.64. The molecule has 0 aliphatic carbocycles. The van der Waals surface area contributed by atoms with Crippen molar-refractivity contribution < 1.29 is 33.3 Å². The summed E-state index contributed by atoms with van der Waals surface area (Å²) in [4.78, 5) is 28.6. The van der Waals surface area contributed by atoms with E-state index in [1.807, 2.05) is 74.5 Å². The third kappa shape index (κ3) is 10.2. The SMILES string of the molecule is CCCCCCCC(F)(F)CCCCCC/C=C/[C@H](C(=O)N1C(=S)OC(c2ccccc2)(c2ccccc2)[C@@H]1C(C)C)[C@@](O)(CCC)C(=O)[O-]. The summed E-state index contributed by atoms with van der Waals surface area (Å²) in [6.45, 7) is 7.74. The molecule has 0 saturated carbocycles. The standard InChI is InChI=1S/C41H57F2NO5S/c1-5-7-8-12-21-29-39(42,43)30-22-13-10-9-11-20-27-34(40(48,28-6-2)37(46)47)36(45)44-35(31(3)4)41(49-38(44)50,32-23-16-14-17-24-32)33-25-18-15-19-26-33/h14-20,23-27,31,34-35,48H,5-13,21-22,28-30H2,1-4H3,(H,46,47)/p-1/b27-20+/t34-,35+,40+/m1/s1. The lowest BCUT2D eigenvalue weighted by Crippen LogP contribution is -2.59. The van der Waals surface area contributed by atoms with Crippen molar-refractivity contribution in [2.75, 3.05) is 0 Å². The van der Waals surface area contributed by atoms with E-state index in [-0.39, 0.29) is 36.8 Å². The number of carboxylic acid groups (broad SMARTS) is 1. The smallest absolute Gasteiger partial charge is 0.267 e. The number of thiocarbonyl (C=S) groups is 1. The van der Waals surface area contributed by atoms with Crippen LogP contribution in [0.1, 0.15) is 129 Å². The van der Waals surface area contributed by atoms with Crippen molar-refractivity contribution in [3.8, 4) is 0 Å². The summed E-state index contributed by atoms with van der Waals surface area (Å²) in [5, 5.41) is 24.0. The van der Waals surface area contributed by atoms with Crippen molar-refractivity contribution in [2.24, 2.45) is 11.8 Å². The molecule has 1 aliphatic rings. The first-order valence-corrected chi connectivity index (χ1v) is 18.9. The third-order valence-electron chi connectivity index (χ3n) is 9.82. The fraction of sp³-hybridized carbons (Fsp3) is 0.585. The number of unbranched alkanes of at least 4 members (excludes halogenated alkanes) is 8. The summed E-state index contributed by atoms with van der Waals surface area (Å²) in [5.74, 6) is -6.77. The normalized spacial score (nSPS) is 18.0. The minimum Gasteiger partial charge on any atom is -0.547 e. The van der Waals surface area contributed by atoms with Gasteiger partial charge in [0.1, 0.15) is 5.60 Å². The van der Waals surface area contributed by atoms with Gasteiger partial charge in [-0.1, -0.05) is 145 Å². The molecule has 0 spiro atoms. The molecule has 9 heteroatoms. The maximum Gasteiger partial charge on any atom is 0.267 e. The Labute approximate surface area is 303 Å². The van der Waals surface area contributed by atoms with Crippen molar-refractivity contribution >= 4 is 29.3 Å². The highest BCUT2D eigenvalue weighted by atomic mass is 32.1. The van der Waals surface area contributed by atoms with E-state index < -0.39 is 41.0 Å². The number of hydrogen-bond acceptors (Lipinski definition) is 6. The summed E-state index contributed by atoms with van der Waals surface area (Å²) < 4.78 is 35.2. The van der Waals surface area contributed by atoms with E-state index in [0.717, 1.165) is 36.8 Å². The molecule has 0 aromatic heterocycles. The van der Waals surface area contributed by atoms with E-state index in [4.69, 9.17) is 17.0 Å². The number of halogens is 2. The van der Waals surface area contributed by atoms with Crippen LogP contribution in [0.15, 0.2) is 72.8 Å². The average molecular weight is 713 g/mol. The van der Waals surface area contributed by atoms with Crippen LogP contribution in [-0.4, -0.2) is 44.6 Å². The largest absolute Gasteiger partial charge is 0.547 e. The molecule has 1 aliphatic heterocycles. The topological polar surface area (TPSA) is 89.9 Å². The van der Waals surface area contributed by atoms with Crippen LogP contribution < -0.4 is 5.11 Å². The molecule has 0 unspecified atom stereocenters. The van der Waals surface area contributed by atoms with E-state index in [9.17, 15) is 28.6 Å². The first-order chi connectivity index (χ1) is 23.9. The zero-order valence-corrected chi connectivity index (χ0v) is 31.1. The lowest BCUT2D eigenvalue weighted by atomic mass is 9.75. The van der Waals surface area contributed by atoms with Gasteiger partial charge in [0, 0.05) is 24.0 Å². The zero-order valence-electron chi connectivity index (χ0n) is 30.3. The number of alkyl halides is 2. The molecule has 0 bridgehead atoms. The van der Waals surface area contributed by atoms with Gasteiger partial charge in [0.15, 0.2) is 5.60 Å². The molecule has 6 nitrogen and oxygen atoms in total. The van der Waals surface area contributed by atoms with Gasteiger partial charge in [-0.05, 0) is 50.2 Å². The quantitative estimate of drug-likeness (QED) is 0.0746. The lowest BCUT2D eigenvalue weighted by Gasteiger charge is -2.40. The van der Waals surface area contributed by atoms with Gasteiger partial charge in [0.2, 0.25) is 11.8 Å². The maximum atomic E-state index is 14.7. The summed E-state index contributed by atoms with van der Waals surface area (Å²) >= 11 is 5.76. The Bertz CT molecular complexity index is 1350. The van der Waals surface area contributed by atoms with Crippen molar-refractivity contribution in [1.29, 1.82) is 0 Å². The molecule has 2 aromatic carbocycles. The summed E-state index contributed by atoms with van der Waals surface area (Å²) in [5.41, 5.74) is -2.12. The van der Waals surface area contributed by atoms with Gasteiger partial charge in [-0.15, -0.1) is 0 Å². The predicted molar refractivity (Wildman–Crippen MR) is 196 cm³/mol. The van der Waals surface area contributed by atoms with Crippen molar-refractivity contribution in [1.82, 2.24) is 4.90 Å². The van der Waals surface area contributed by atoms with Crippen LogP contribution in [0.3, 0.4) is 0 Å². The highest BCUT2D eigenvalue weighted by Gasteiger charge is 2.59. The molecule has 1 N–H and O–H groups in total. The van der Waals surface area contributed by atoms with Crippen LogP contribution >= 0.6 is 12.2 Å². The molecular formula is C41H56F2NO5S-. The Balaban J connectivity index is 1.80. The third-order valence-corrected chi connectivity index (χ3v) is 10.1. The summed E-state index contributed by atoms with van der Waals surface area (Å²) in [6, 6.07) is 18.3. The molecule has 3 rings (SSSR count). The Morgan fingerprint density at radius 3 is 1.88 bits per heavy atom. The number of amides is 1. The number of nitrogens with zero attached hydrogens (tertiary/aromatic N) is 1. The van der Waals surface area contributed by atoms with E-state index in [1.54, 1.807) is 13.0 Å². The first kappa shape index (κ1) is 41.3. The molecule has 1 heterocycles. The number of hydrogen-bond donors (Lipinski definition) is 1. The zero-order chi connectivity index (χ0) is 36.8. The first-order valence-electron chi connectivity index (χ1n) is 18.5. The molecule has 2 aromatic rings. The fourth-order valence-electron chi connectivity index (χ4n) is 7.24. The Hall–Kier alpha value is -3.17. The van der Waals surface area contributed by atoms with Crippen LogP contribution in [-0.2, 0) is 19.9 Å². The second kappa shape index (κ2) is 19.4. The van der Waals surface area contributed by atoms with Gasteiger partial charge in [-0.25, -0.2) is 8.78 Å². The fourth-order valence-corrected chi connectivity index (χ4v) is 7.57. The van der Waals surface area contributed by atoms with E-state index in [1.165, 1.54) is 11.0 Å². The Morgan fingerprint density at radius 1 is 0.880 bits per heavy atom.